The number of methoxy groups -OCH3 is 1. The first-order valence-electron chi connectivity index (χ1n) is 8.86. The van der Waals surface area contributed by atoms with E-state index in [4.69, 9.17) is 9.57 Å². The number of hydroxylamine groups is 2. The van der Waals surface area contributed by atoms with E-state index in [9.17, 15) is 5.11 Å². The minimum absolute atomic E-state index is 0.0800. The Morgan fingerprint density at radius 2 is 2.00 bits per heavy atom. The third kappa shape index (κ3) is 3.79. The molecule has 5 atom stereocenters. The van der Waals surface area contributed by atoms with Crippen LogP contribution in [0.2, 0.25) is 0 Å². The molecular weight excluding hydrogens is 266 g/mol. The maximum Gasteiger partial charge on any atom is 0.0698 e. The summed E-state index contributed by atoms with van der Waals surface area (Å²) < 4.78 is 5.95. The summed E-state index contributed by atoms with van der Waals surface area (Å²) in [5.41, 5.74) is 0. The monoisotopic (exact) mass is 297 g/mol. The molecule has 0 amide bonds. The van der Waals surface area contributed by atoms with Crippen LogP contribution >= 0.6 is 0 Å². The molecule has 1 N–H and O–H groups in total. The van der Waals surface area contributed by atoms with Gasteiger partial charge in [0.25, 0.3) is 0 Å². The highest BCUT2D eigenvalue weighted by molar-refractivity contribution is 4.90. The molecule has 0 aromatic heterocycles. The molecule has 2 saturated carbocycles. The molecule has 122 valence electrons. The lowest BCUT2D eigenvalue weighted by Gasteiger charge is -2.44. The fourth-order valence-electron chi connectivity index (χ4n) is 4.85. The normalized spacial score (nSPS) is 42.3. The first-order valence-corrected chi connectivity index (χ1v) is 8.86. The fraction of sp³-hybridized carbons (Fsp3) is 1.00. The lowest BCUT2D eigenvalue weighted by Crippen LogP contribution is -2.44. The Bertz CT molecular complexity index is 319. The van der Waals surface area contributed by atoms with Crippen molar-refractivity contribution >= 4 is 0 Å². The number of hydrogen-bond donors (Lipinski definition) is 1. The van der Waals surface area contributed by atoms with Gasteiger partial charge in [0.2, 0.25) is 0 Å². The summed E-state index contributed by atoms with van der Waals surface area (Å²) in [6.07, 6.45) is 9.67. The minimum Gasteiger partial charge on any atom is -0.393 e. The highest BCUT2D eigenvalue weighted by atomic mass is 16.7. The molecular formula is C17H31NO3. The van der Waals surface area contributed by atoms with Crippen molar-refractivity contribution in [1.29, 1.82) is 0 Å². The second-order valence-electron chi connectivity index (χ2n) is 7.21. The molecule has 2 aliphatic carbocycles. The van der Waals surface area contributed by atoms with Gasteiger partial charge in [-0.25, -0.2) is 0 Å². The summed E-state index contributed by atoms with van der Waals surface area (Å²) >= 11 is 0. The zero-order valence-electron chi connectivity index (χ0n) is 13.4. The van der Waals surface area contributed by atoms with E-state index in [2.05, 4.69) is 5.06 Å². The molecule has 1 saturated heterocycles. The highest BCUT2D eigenvalue weighted by Gasteiger charge is 2.40. The lowest BCUT2D eigenvalue weighted by atomic mass is 9.68. The number of nitrogens with zero attached hydrogens (tertiary/aromatic N) is 1. The zero-order valence-corrected chi connectivity index (χ0v) is 13.4. The molecule has 0 aromatic rings. The molecule has 0 radical (unpaired) electrons. The predicted molar refractivity (Wildman–Crippen MR) is 81.7 cm³/mol. The molecule has 0 spiro atoms. The van der Waals surface area contributed by atoms with Crippen LogP contribution < -0.4 is 0 Å². The number of rotatable bonds is 4. The van der Waals surface area contributed by atoms with E-state index in [0.717, 1.165) is 39.0 Å². The van der Waals surface area contributed by atoms with Crippen LogP contribution in [0, 0.1) is 17.8 Å². The van der Waals surface area contributed by atoms with Crippen molar-refractivity contribution in [2.24, 2.45) is 17.8 Å². The summed E-state index contributed by atoms with van der Waals surface area (Å²) in [6, 6.07) is 0. The van der Waals surface area contributed by atoms with Crippen molar-refractivity contribution in [3.63, 3.8) is 0 Å². The number of aliphatic hydroxyl groups excluding tert-OH is 1. The molecule has 1 heterocycles. The largest absolute Gasteiger partial charge is 0.393 e. The molecule has 4 heteroatoms. The van der Waals surface area contributed by atoms with E-state index in [1.54, 1.807) is 0 Å². The average molecular weight is 297 g/mol. The number of hydrogen-bond acceptors (Lipinski definition) is 4. The van der Waals surface area contributed by atoms with Gasteiger partial charge in [0, 0.05) is 26.1 Å². The molecule has 1 aliphatic heterocycles. The molecule has 21 heavy (non-hydrogen) atoms. The van der Waals surface area contributed by atoms with Gasteiger partial charge in [-0.15, -0.1) is 0 Å². The topological polar surface area (TPSA) is 41.9 Å². The van der Waals surface area contributed by atoms with Crippen LogP contribution in [0.4, 0.5) is 0 Å². The second kappa shape index (κ2) is 7.40. The first-order chi connectivity index (χ1) is 10.3. The van der Waals surface area contributed by atoms with Gasteiger partial charge in [0.15, 0.2) is 0 Å². The minimum atomic E-state index is -0.0800. The van der Waals surface area contributed by atoms with Crippen LogP contribution in [-0.4, -0.2) is 49.2 Å². The standard InChI is InChI=1S/C17H31NO3/c1-20-17-14(12-18-9-4-10-21-18)6-3-8-16(17)13-5-2-7-15(19)11-13/h13-17,19H,2-12H2,1H3. The second-order valence-corrected chi connectivity index (χ2v) is 7.21. The SMILES string of the molecule is COC1C(CN2CCCO2)CCCC1C1CCCC(O)C1. The molecule has 5 unspecified atom stereocenters. The molecule has 3 aliphatic rings. The third-order valence-corrected chi connectivity index (χ3v) is 5.83. The van der Waals surface area contributed by atoms with Crippen molar-refractivity contribution in [2.75, 3.05) is 26.8 Å². The predicted octanol–water partition coefficient (Wildman–Crippen LogP) is 2.61. The van der Waals surface area contributed by atoms with Crippen LogP contribution in [0.1, 0.15) is 51.4 Å². The quantitative estimate of drug-likeness (QED) is 0.866. The smallest absolute Gasteiger partial charge is 0.0698 e. The molecule has 3 fully saturated rings. The van der Waals surface area contributed by atoms with Gasteiger partial charge < -0.3 is 9.84 Å². The Kier molecular flexibility index (Phi) is 5.54. The summed E-state index contributed by atoms with van der Waals surface area (Å²) in [5, 5.41) is 12.1. The molecule has 3 rings (SSSR count). The Balaban J connectivity index is 1.62. The Labute approximate surface area is 128 Å². The van der Waals surface area contributed by atoms with Crippen molar-refractivity contribution in [3.8, 4) is 0 Å². The summed E-state index contributed by atoms with van der Waals surface area (Å²) in [7, 11) is 1.88. The highest BCUT2D eigenvalue weighted by Crippen LogP contribution is 2.42. The molecule has 0 aromatic carbocycles. The summed E-state index contributed by atoms with van der Waals surface area (Å²) in [4.78, 5) is 5.68. The van der Waals surface area contributed by atoms with Crippen molar-refractivity contribution < 1.29 is 14.7 Å². The van der Waals surface area contributed by atoms with E-state index in [0.29, 0.717) is 23.9 Å². The Morgan fingerprint density at radius 3 is 2.71 bits per heavy atom. The van der Waals surface area contributed by atoms with Gasteiger partial charge in [-0.05, 0) is 50.4 Å². The van der Waals surface area contributed by atoms with Gasteiger partial charge in [-0.2, -0.15) is 5.06 Å². The van der Waals surface area contributed by atoms with E-state index in [1.807, 2.05) is 7.11 Å². The molecule has 0 bridgehead atoms. The number of aliphatic hydroxyl groups is 1. The van der Waals surface area contributed by atoms with Crippen molar-refractivity contribution in [1.82, 2.24) is 5.06 Å². The summed E-state index contributed by atoms with van der Waals surface area (Å²) in [5.74, 6) is 1.87. The van der Waals surface area contributed by atoms with E-state index < -0.39 is 0 Å². The van der Waals surface area contributed by atoms with Crippen LogP contribution in [0.15, 0.2) is 0 Å². The fourth-order valence-corrected chi connectivity index (χ4v) is 4.85. The van der Waals surface area contributed by atoms with E-state index in [-0.39, 0.29) is 6.10 Å². The van der Waals surface area contributed by atoms with Gasteiger partial charge in [-0.3, -0.25) is 4.84 Å². The molecule has 4 nitrogen and oxygen atoms in total. The van der Waals surface area contributed by atoms with Crippen molar-refractivity contribution in [2.45, 2.75) is 63.6 Å². The van der Waals surface area contributed by atoms with Crippen molar-refractivity contribution in [3.05, 3.63) is 0 Å². The number of ether oxygens (including phenoxy) is 1. The maximum absolute atomic E-state index is 10.00. The van der Waals surface area contributed by atoms with Gasteiger partial charge in [0.05, 0.1) is 18.8 Å². The zero-order chi connectivity index (χ0) is 14.7. The first kappa shape index (κ1) is 15.7. The van der Waals surface area contributed by atoms with E-state index >= 15 is 0 Å². The average Bonchev–Trinajstić information content (AvgIpc) is 3.00. The third-order valence-electron chi connectivity index (χ3n) is 5.83. The Morgan fingerprint density at radius 1 is 1.14 bits per heavy atom. The lowest BCUT2D eigenvalue weighted by molar-refractivity contribution is -0.143. The summed E-state index contributed by atoms with van der Waals surface area (Å²) in [6.45, 7) is 2.96. The van der Waals surface area contributed by atoms with Gasteiger partial charge >= 0.3 is 0 Å². The van der Waals surface area contributed by atoms with Crippen LogP contribution in [0.5, 0.6) is 0 Å². The van der Waals surface area contributed by atoms with Crippen LogP contribution in [0.25, 0.3) is 0 Å². The van der Waals surface area contributed by atoms with Gasteiger partial charge in [-0.1, -0.05) is 12.8 Å². The Hall–Kier alpha value is -0.160. The van der Waals surface area contributed by atoms with E-state index in [1.165, 1.54) is 32.1 Å². The van der Waals surface area contributed by atoms with Crippen LogP contribution in [0.3, 0.4) is 0 Å². The van der Waals surface area contributed by atoms with Gasteiger partial charge in [0.1, 0.15) is 0 Å². The maximum atomic E-state index is 10.00. The van der Waals surface area contributed by atoms with Crippen LogP contribution in [-0.2, 0) is 9.57 Å².